The summed E-state index contributed by atoms with van der Waals surface area (Å²) in [6, 6.07) is 1.65. The number of nitrogens with zero attached hydrogens (tertiary/aromatic N) is 1. The van der Waals surface area contributed by atoms with Crippen LogP contribution in [0.4, 0.5) is 11.5 Å². The van der Waals surface area contributed by atoms with Gasteiger partial charge in [0.2, 0.25) is 0 Å². The third-order valence-corrected chi connectivity index (χ3v) is 3.11. The number of aromatic nitrogens is 1. The second-order valence-corrected chi connectivity index (χ2v) is 6.31. The van der Waals surface area contributed by atoms with Gasteiger partial charge >= 0.3 is 10.2 Å². The fourth-order valence-electron chi connectivity index (χ4n) is 1.26. The molecule has 0 aliphatic rings. The number of nitrogens with one attached hydrogen (secondary N) is 2. The van der Waals surface area contributed by atoms with Crippen molar-refractivity contribution in [3.8, 4) is 0 Å². The third-order valence-electron chi connectivity index (χ3n) is 1.77. The summed E-state index contributed by atoms with van der Waals surface area (Å²) in [5.74, 6) is 0.274. The minimum Gasteiger partial charge on any atom is -0.397 e. The lowest BCUT2D eigenvalue weighted by Crippen LogP contribution is -2.43. The zero-order valence-corrected chi connectivity index (χ0v) is 11.2. The molecule has 0 spiro atoms. The molecule has 1 rings (SSSR count). The van der Waals surface area contributed by atoms with Gasteiger partial charge in [-0.3, -0.25) is 4.72 Å². The van der Waals surface area contributed by atoms with E-state index < -0.39 is 15.7 Å². The van der Waals surface area contributed by atoms with Gasteiger partial charge in [0.05, 0.1) is 11.9 Å². The molecule has 0 unspecified atom stereocenters. The highest BCUT2D eigenvalue weighted by Crippen LogP contribution is 2.15. The van der Waals surface area contributed by atoms with Gasteiger partial charge in [0.15, 0.2) is 0 Å². The number of hydrogen-bond acceptors (Lipinski definition) is 4. The maximum atomic E-state index is 11.8. The number of hydrogen-bond donors (Lipinski definition) is 3. The number of nitrogens with two attached hydrogens (primary N) is 1. The second kappa shape index (κ2) is 4.50. The number of aryl methyl sites for hydroxylation is 1. The van der Waals surface area contributed by atoms with Crippen LogP contribution in [0.3, 0.4) is 0 Å². The van der Waals surface area contributed by atoms with Crippen molar-refractivity contribution in [2.45, 2.75) is 33.2 Å². The van der Waals surface area contributed by atoms with Gasteiger partial charge in [0.1, 0.15) is 5.82 Å². The summed E-state index contributed by atoms with van der Waals surface area (Å²) in [7, 11) is -3.63. The van der Waals surface area contributed by atoms with Crippen molar-refractivity contribution in [2.75, 3.05) is 10.5 Å². The Hall–Kier alpha value is -1.34. The van der Waals surface area contributed by atoms with Crippen LogP contribution in [0.15, 0.2) is 12.3 Å². The molecule has 0 saturated heterocycles. The fourth-order valence-corrected chi connectivity index (χ4v) is 2.58. The minimum absolute atomic E-state index is 0.274. The zero-order valence-electron chi connectivity index (χ0n) is 10.4. The first kappa shape index (κ1) is 13.7. The Morgan fingerprint density at radius 2 is 1.94 bits per heavy atom. The van der Waals surface area contributed by atoms with Crippen molar-refractivity contribution in [3.63, 3.8) is 0 Å². The maximum Gasteiger partial charge on any atom is 0.300 e. The van der Waals surface area contributed by atoms with Crippen molar-refractivity contribution >= 4 is 21.7 Å². The summed E-state index contributed by atoms with van der Waals surface area (Å²) in [5, 5.41) is 0. The summed E-state index contributed by atoms with van der Waals surface area (Å²) in [5.41, 5.74) is 6.15. The number of pyridine rings is 1. The SMILES string of the molecule is Cc1cc(N)cnc1NS(=O)(=O)NC(C)(C)C. The molecule has 0 amide bonds. The van der Waals surface area contributed by atoms with Crippen molar-refractivity contribution in [2.24, 2.45) is 0 Å². The van der Waals surface area contributed by atoms with Crippen LogP contribution >= 0.6 is 0 Å². The van der Waals surface area contributed by atoms with Gasteiger partial charge < -0.3 is 5.73 Å². The first-order valence-electron chi connectivity index (χ1n) is 5.13. The highest BCUT2D eigenvalue weighted by Gasteiger charge is 2.20. The number of nitrogen functional groups attached to an aromatic ring is 1. The lowest BCUT2D eigenvalue weighted by Gasteiger charge is -2.21. The average molecular weight is 258 g/mol. The van der Waals surface area contributed by atoms with E-state index in [0.29, 0.717) is 11.3 Å². The largest absolute Gasteiger partial charge is 0.397 e. The van der Waals surface area contributed by atoms with E-state index in [0.717, 1.165) is 0 Å². The molecule has 0 saturated carbocycles. The average Bonchev–Trinajstić information content (AvgIpc) is 2.05. The van der Waals surface area contributed by atoms with Crippen LogP contribution in [0.5, 0.6) is 0 Å². The van der Waals surface area contributed by atoms with Gasteiger partial charge in [0, 0.05) is 5.54 Å². The molecule has 6 nitrogen and oxygen atoms in total. The van der Waals surface area contributed by atoms with Crippen LogP contribution in [-0.2, 0) is 10.2 Å². The van der Waals surface area contributed by atoms with E-state index in [1.165, 1.54) is 6.20 Å². The maximum absolute atomic E-state index is 11.8. The first-order chi connectivity index (χ1) is 7.59. The second-order valence-electron chi connectivity index (χ2n) is 4.89. The van der Waals surface area contributed by atoms with E-state index in [1.54, 1.807) is 33.8 Å². The smallest absolute Gasteiger partial charge is 0.300 e. The molecule has 0 bridgehead atoms. The molecule has 96 valence electrons. The summed E-state index contributed by atoms with van der Waals surface area (Å²) in [6.45, 7) is 7.01. The van der Waals surface area contributed by atoms with Gasteiger partial charge in [-0.05, 0) is 39.3 Å². The highest BCUT2D eigenvalue weighted by atomic mass is 32.2. The van der Waals surface area contributed by atoms with Crippen LogP contribution in [0.25, 0.3) is 0 Å². The molecule has 17 heavy (non-hydrogen) atoms. The Balaban J connectivity index is 2.91. The monoisotopic (exact) mass is 258 g/mol. The van der Waals surface area contributed by atoms with Crippen LogP contribution in [-0.4, -0.2) is 18.9 Å². The van der Waals surface area contributed by atoms with E-state index in [-0.39, 0.29) is 5.82 Å². The summed E-state index contributed by atoms with van der Waals surface area (Å²) in [6.07, 6.45) is 1.40. The minimum atomic E-state index is -3.63. The van der Waals surface area contributed by atoms with Crippen molar-refractivity contribution in [3.05, 3.63) is 17.8 Å². The molecule has 1 aromatic rings. The van der Waals surface area contributed by atoms with E-state index in [2.05, 4.69) is 14.4 Å². The Bertz CT molecular complexity index is 506. The van der Waals surface area contributed by atoms with Gasteiger partial charge in [-0.1, -0.05) is 0 Å². The van der Waals surface area contributed by atoms with E-state index in [9.17, 15) is 8.42 Å². The third kappa shape index (κ3) is 4.58. The lowest BCUT2D eigenvalue weighted by atomic mass is 10.1. The predicted molar refractivity (Wildman–Crippen MR) is 68.8 cm³/mol. The van der Waals surface area contributed by atoms with Gasteiger partial charge in [-0.25, -0.2) is 4.98 Å². The van der Waals surface area contributed by atoms with Crippen molar-refractivity contribution < 1.29 is 8.42 Å². The topological polar surface area (TPSA) is 97.1 Å². The molecule has 0 radical (unpaired) electrons. The Labute approximate surface area is 102 Å². The summed E-state index contributed by atoms with van der Waals surface area (Å²) in [4.78, 5) is 3.94. The molecule has 0 fully saturated rings. The predicted octanol–water partition coefficient (Wildman–Crippen LogP) is 1.02. The fraction of sp³-hybridized carbons (Fsp3) is 0.500. The molecule has 0 atom stereocenters. The zero-order chi connectivity index (χ0) is 13.3. The molecule has 4 N–H and O–H groups in total. The molecule has 1 heterocycles. The molecular weight excluding hydrogens is 240 g/mol. The highest BCUT2D eigenvalue weighted by molar-refractivity contribution is 7.90. The molecule has 0 aliphatic heterocycles. The normalized spacial score (nSPS) is 12.5. The Kier molecular flexibility index (Phi) is 3.63. The van der Waals surface area contributed by atoms with Crippen LogP contribution in [0.1, 0.15) is 26.3 Å². The number of anilines is 2. The molecule has 1 aromatic heterocycles. The Morgan fingerprint density at radius 3 is 2.41 bits per heavy atom. The van der Waals surface area contributed by atoms with Crippen LogP contribution in [0, 0.1) is 6.92 Å². The van der Waals surface area contributed by atoms with E-state index in [1.807, 2.05) is 0 Å². The van der Waals surface area contributed by atoms with E-state index in [4.69, 9.17) is 5.73 Å². The molecular formula is C10H18N4O2S. The van der Waals surface area contributed by atoms with Gasteiger partial charge in [0.25, 0.3) is 0 Å². The first-order valence-corrected chi connectivity index (χ1v) is 6.61. The van der Waals surface area contributed by atoms with Crippen LogP contribution < -0.4 is 15.2 Å². The van der Waals surface area contributed by atoms with Gasteiger partial charge in [-0.15, -0.1) is 0 Å². The van der Waals surface area contributed by atoms with E-state index >= 15 is 0 Å². The Morgan fingerprint density at radius 1 is 1.35 bits per heavy atom. The quantitative estimate of drug-likeness (QED) is 0.754. The molecule has 0 aliphatic carbocycles. The van der Waals surface area contributed by atoms with Gasteiger partial charge in [-0.2, -0.15) is 13.1 Å². The standard InChI is InChI=1S/C10H18N4O2S/c1-7-5-8(11)6-12-9(7)13-17(15,16)14-10(2,3)4/h5-6,14H,11H2,1-4H3,(H,12,13). The van der Waals surface area contributed by atoms with Crippen molar-refractivity contribution in [1.82, 2.24) is 9.71 Å². The summed E-state index contributed by atoms with van der Waals surface area (Å²) >= 11 is 0. The van der Waals surface area contributed by atoms with Crippen LogP contribution in [0.2, 0.25) is 0 Å². The number of rotatable bonds is 3. The molecule has 7 heteroatoms. The van der Waals surface area contributed by atoms with Crippen molar-refractivity contribution in [1.29, 1.82) is 0 Å². The summed E-state index contributed by atoms with van der Waals surface area (Å²) < 4.78 is 28.4. The molecule has 0 aromatic carbocycles. The lowest BCUT2D eigenvalue weighted by molar-refractivity contribution is 0.494.